The molecule has 2 aromatic rings. The molecule has 0 radical (unpaired) electrons. The van der Waals surface area contributed by atoms with Crippen LogP contribution >= 0.6 is 11.6 Å². The number of nitriles is 1. The van der Waals surface area contributed by atoms with Crippen LogP contribution in [0, 0.1) is 11.3 Å². The normalized spacial score (nSPS) is 10.0. The van der Waals surface area contributed by atoms with Crippen molar-refractivity contribution < 1.29 is 0 Å². The number of aryl methyl sites for hydroxylation is 2. The molecule has 0 aliphatic rings. The van der Waals surface area contributed by atoms with Crippen LogP contribution in [0.15, 0.2) is 47.4 Å². The molecule has 0 atom stereocenters. The molecule has 0 aliphatic carbocycles. The van der Waals surface area contributed by atoms with Crippen molar-refractivity contribution in [3.8, 4) is 6.07 Å². The summed E-state index contributed by atoms with van der Waals surface area (Å²) in [5, 5.41) is 9.48. The van der Waals surface area contributed by atoms with Crippen LogP contribution in [0.1, 0.15) is 11.1 Å². The number of rotatable bonds is 3. The molecular formula is C14H11ClN2O. The van der Waals surface area contributed by atoms with Gasteiger partial charge in [0, 0.05) is 17.8 Å². The summed E-state index contributed by atoms with van der Waals surface area (Å²) < 4.78 is 1.55. The Balaban J connectivity index is 2.14. The summed E-state index contributed by atoms with van der Waals surface area (Å²) in [6.07, 6.45) is 2.42. The molecule has 0 saturated heterocycles. The molecule has 1 aromatic carbocycles. The van der Waals surface area contributed by atoms with Gasteiger partial charge >= 0.3 is 0 Å². The Morgan fingerprint density at radius 3 is 2.61 bits per heavy atom. The van der Waals surface area contributed by atoms with Gasteiger partial charge in [-0.25, -0.2) is 0 Å². The van der Waals surface area contributed by atoms with Gasteiger partial charge in [0.1, 0.15) is 11.6 Å². The Morgan fingerprint density at radius 1 is 1.22 bits per heavy atom. The number of hydrogen-bond acceptors (Lipinski definition) is 2. The van der Waals surface area contributed by atoms with Gasteiger partial charge in [0.2, 0.25) is 0 Å². The van der Waals surface area contributed by atoms with Crippen molar-refractivity contribution in [3.05, 3.63) is 69.1 Å². The number of aromatic nitrogens is 1. The summed E-state index contributed by atoms with van der Waals surface area (Å²) in [5.74, 6) is 0. The van der Waals surface area contributed by atoms with E-state index in [1.807, 2.05) is 30.3 Å². The fraction of sp³-hybridized carbons (Fsp3) is 0.143. The second-order valence-electron chi connectivity index (χ2n) is 3.91. The molecule has 0 amide bonds. The van der Waals surface area contributed by atoms with Gasteiger partial charge in [0.25, 0.3) is 5.56 Å². The molecule has 0 aliphatic heterocycles. The molecule has 3 nitrogen and oxygen atoms in total. The van der Waals surface area contributed by atoms with E-state index in [4.69, 9.17) is 16.9 Å². The molecular weight excluding hydrogens is 248 g/mol. The maximum atomic E-state index is 11.8. The number of hydrogen-bond donors (Lipinski definition) is 0. The molecule has 18 heavy (non-hydrogen) atoms. The lowest BCUT2D eigenvalue weighted by molar-refractivity contribution is 0.668. The highest BCUT2D eigenvalue weighted by molar-refractivity contribution is 6.30. The summed E-state index contributed by atoms with van der Waals surface area (Å²) in [4.78, 5) is 11.8. The van der Waals surface area contributed by atoms with Crippen LogP contribution in [0.5, 0.6) is 0 Å². The van der Waals surface area contributed by atoms with E-state index in [1.165, 1.54) is 6.07 Å². The van der Waals surface area contributed by atoms with E-state index >= 15 is 0 Å². The zero-order chi connectivity index (χ0) is 13.0. The molecule has 0 unspecified atom stereocenters. The SMILES string of the molecule is N#Cc1cccn(CCc2ccc(Cl)cc2)c1=O. The predicted octanol–water partition coefficient (Wildman–Crippen LogP) is 2.62. The van der Waals surface area contributed by atoms with Crippen LogP contribution in [0.3, 0.4) is 0 Å². The van der Waals surface area contributed by atoms with Crippen LogP contribution in [0.4, 0.5) is 0 Å². The second kappa shape index (κ2) is 5.52. The lowest BCUT2D eigenvalue weighted by Crippen LogP contribution is -2.22. The molecule has 0 saturated carbocycles. The minimum Gasteiger partial charge on any atom is -0.314 e. The van der Waals surface area contributed by atoms with Crippen LogP contribution in [-0.2, 0) is 13.0 Å². The summed E-state index contributed by atoms with van der Waals surface area (Å²) in [6.45, 7) is 0.552. The Kier molecular flexibility index (Phi) is 3.81. The fourth-order valence-corrected chi connectivity index (χ4v) is 1.82. The van der Waals surface area contributed by atoms with Crippen LogP contribution in [0.2, 0.25) is 5.02 Å². The number of pyridine rings is 1. The second-order valence-corrected chi connectivity index (χ2v) is 4.35. The summed E-state index contributed by atoms with van der Waals surface area (Å²) in [5.41, 5.74) is 1.04. The molecule has 0 bridgehead atoms. The van der Waals surface area contributed by atoms with Crippen molar-refractivity contribution in [2.75, 3.05) is 0 Å². The van der Waals surface area contributed by atoms with Crippen molar-refractivity contribution in [2.45, 2.75) is 13.0 Å². The van der Waals surface area contributed by atoms with Gasteiger partial charge in [-0.1, -0.05) is 23.7 Å². The average molecular weight is 259 g/mol. The molecule has 0 N–H and O–H groups in total. The highest BCUT2D eigenvalue weighted by atomic mass is 35.5. The first-order valence-electron chi connectivity index (χ1n) is 5.55. The summed E-state index contributed by atoms with van der Waals surface area (Å²) in [6, 6.07) is 12.6. The molecule has 0 fully saturated rings. The minimum absolute atomic E-state index is 0.175. The Labute approximate surface area is 110 Å². The van der Waals surface area contributed by atoms with E-state index in [0.717, 1.165) is 12.0 Å². The zero-order valence-corrected chi connectivity index (χ0v) is 10.4. The first-order chi connectivity index (χ1) is 8.70. The maximum absolute atomic E-state index is 11.8. The number of nitrogens with zero attached hydrogens (tertiary/aromatic N) is 2. The zero-order valence-electron chi connectivity index (χ0n) is 9.64. The summed E-state index contributed by atoms with van der Waals surface area (Å²) in [7, 11) is 0. The number of halogens is 1. The third-order valence-corrected chi connectivity index (χ3v) is 2.95. The van der Waals surface area contributed by atoms with Gasteiger partial charge in [0.05, 0.1) is 0 Å². The third-order valence-electron chi connectivity index (χ3n) is 2.70. The Hall–Kier alpha value is -2.05. The Bertz CT molecular complexity index is 638. The topological polar surface area (TPSA) is 45.8 Å². The molecule has 90 valence electrons. The van der Waals surface area contributed by atoms with Gasteiger partial charge in [-0.05, 0) is 36.2 Å². The fourth-order valence-electron chi connectivity index (χ4n) is 1.70. The molecule has 1 heterocycles. The van der Waals surface area contributed by atoms with Crippen molar-refractivity contribution in [1.82, 2.24) is 4.57 Å². The van der Waals surface area contributed by atoms with Gasteiger partial charge in [-0.3, -0.25) is 4.79 Å². The van der Waals surface area contributed by atoms with E-state index in [9.17, 15) is 4.79 Å². The predicted molar refractivity (Wildman–Crippen MR) is 70.6 cm³/mol. The quantitative estimate of drug-likeness (QED) is 0.850. The van der Waals surface area contributed by atoms with Gasteiger partial charge in [-0.15, -0.1) is 0 Å². The lowest BCUT2D eigenvalue weighted by atomic mass is 10.1. The monoisotopic (exact) mass is 258 g/mol. The van der Waals surface area contributed by atoms with E-state index in [2.05, 4.69) is 0 Å². The first-order valence-corrected chi connectivity index (χ1v) is 5.92. The van der Waals surface area contributed by atoms with E-state index in [1.54, 1.807) is 16.8 Å². The summed E-state index contributed by atoms with van der Waals surface area (Å²) >= 11 is 5.80. The molecule has 1 aromatic heterocycles. The van der Waals surface area contributed by atoms with Gasteiger partial charge in [0.15, 0.2) is 0 Å². The average Bonchev–Trinajstić information content (AvgIpc) is 2.39. The van der Waals surface area contributed by atoms with Crippen LogP contribution in [-0.4, -0.2) is 4.57 Å². The van der Waals surface area contributed by atoms with E-state index in [-0.39, 0.29) is 11.1 Å². The molecule has 4 heteroatoms. The largest absolute Gasteiger partial charge is 0.314 e. The molecule has 2 rings (SSSR count). The minimum atomic E-state index is -0.242. The smallest absolute Gasteiger partial charge is 0.268 e. The molecule has 0 spiro atoms. The van der Waals surface area contributed by atoms with Crippen molar-refractivity contribution in [3.63, 3.8) is 0 Å². The van der Waals surface area contributed by atoms with Crippen LogP contribution in [0.25, 0.3) is 0 Å². The van der Waals surface area contributed by atoms with E-state index < -0.39 is 0 Å². The van der Waals surface area contributed by atoms with Crippen molar-refractivity contribution in [2.24, 2.45) is 0 Å². The number of benzene rings is 1. The van der Waals surface area contributed by atoms with Crippen LogP contribution < -0.4 is 5.56 Å². The highest BCUT2D eigenvalue weighted by Crippen LogP contribution is 2.10. The van der Waals surface area contributed by atoms with Crippen molar-refractivity contribution >= 4 is 11.6 Å². The maximum Gasteiger partial charge on any atom is 0.268 e. The third kappa shape index (κ3) is 2.79. The first kappa shape index (κ1) is 12.4. The standard InChI is InChI=1S/C14H11ClN2O/c15-13-5-3-11(4-6-13)7-9-17-8-1-2-12(10-16)14(17)18/h1-6,8H,7,9H2. The van der Waals surface area contributed by atoms with E-state index in [0.29, 0.717) is 11.6 Å². The Morgan fingerprint density at radius 2 is 1.94 bits per heavy atom. The van der Waals surface area contributed by atoms with Gasteiger partial charge < -0.3 is 4.57 Å². The highest BCUT2D eigenvalue weighted by Gasteiger charge is 2.02. The van der Waals surface area contributed by atoms with Gasteiger partial charge in [-0.2, -0.15) is 5.26 Å². The van der Waals surface area contributed by atoms with Crippen molar-refractivity contribution in [1.29, 1.82) is 5.26 Å². The lowest BCUT2D eigenvalue weighted by Gasteiger charge is -2.05.